The lowest BCUT2D eigenvalue weighted by atomic mass is 10.2. The Bertz CT molecular complexity index is 426. The molecule has 2 N–H and O–H groups in total. The van der Waals surface area contributed by atoms with Gasteiger partial charge in [-0.2, -0.15) is 0 Å². The Balaban J connectivity index is 2.34. The van der Waals surface area contributed by atoms with E-state index < -0.39 is 5.60 Å². The van der Waals surface area contributed by atoms with Crippen molar-refractivity contribution in [1.29, 1.82) is 0 Å². The number of hydrogen-bond acceptors (Lipinski definition) is 5. The van der Waals surface area contributed by atoms with Crippen molar-refractivity contribution in [2.45, 2.75) is 26.4 Å². The Morgan fingerprint density at radius 2 is 2.10 bits per heavy atom. The summed E-state index contributed by atoms with van der Waals surface area (Å²) in [5, 5.41) is 6.16. The molecule has 6 heteroatoms. The summed E-state index contributed by atoms with van der Waals surface area (Å²) in [4.78, 5) is 17.5. The summed E-state index contributed by atoms with van der Waals surface area (Å²) in [7, 11) is 3.54. The maximum atomic E-state index is 11.7. The van der Waals surface area contributed by atoms with Crippen molar-refractivity contribution >= 4 is 17.6 Å². The highest BCUT2D eigenvalue weighted by atomic mass is 16.6. The number of likely N-dealkylation sites (N-methyl/N-ethyl adjacent to an activating group) is 1. The van der Waals surface area contributed by atoms with Gasteiger partial charge in [0.05, 0.1) is 11.9 Å². The summed E-state index contributed by atoms with van der Waals surface area (Å²) in [6, 6.07) is 3.83. The third-order valence-electron chi connectivity index (χ3n) is 2.50. The highest BCUT2D eigenvalue weighted by Gasteiger charge is 2.18. The second-order valence-corrected chi connectivity index (χ2v) is 5.51. The van der Waals surface area contributed by atoms with Crippen LogP contribution in [0.4, 0.5) is 16.3 Å². The van der Waals surface area contributed by atoms with Crippen LogP contribution in [0.5, 0.6) is 0 Å². The molecule has 0 atom stereocenters. The zero-order valence-corrected chi connectivity index (χ0v) is 12.9. The van der Waals surface area contributed by atoms with E-state index in [-0.39, 0.29) is 6.09 Å². The summed E-state index contributed by atoms with van der Waals surface area (Å²) in [5.41, 5.74) is 0.452. The molecule has 0 saturated carbocycles. The van der Waals surface area contributed by atoms with Gasteiger partial charge in [-0.1, -0.05) is 0 Å². The fourth-order valence-corrected chi connectivity index (χ4v) is 1.45. The minimum absolute atomic E-state index is 0.317. The molecule has 0 aromatic carbocycles. The molecular weight excluding hydrogens is 256 g/mol. The number of nitrogens with zero attached hydrogens (tertiary/aromatic N) is 2. The van der Waals surface area contributed by atoms with Crippen LogP contribution in [-0.4, -0.2) is 48.8 Å². The second kappa shape index (κ2) is 6.98. The number of aromatic nitrogens is 1. The van der Waals surface area contributed by atoms with Gasteiger partial charge in [-0.05, 0) is 32.9 Å². The Kier molecular flexibility index (Phi) is 5.61. The number of pyridine rings is 1. The average Bonchev–Trinajstić information content (AvgIpc) is 2.37. The van der Waals surface area contributed by atoms with Crippen molar-refractivity contribution in [3.8, 4) is 0 Å². The van der Waals surface area contributed by atoms with E-state index >= 15 is 0 Å². The number of carbonyl (C=O) groups is 1. The molecule has 0 bridgehead atoms. The van der Waals surface area contributed by atoms with E-state index in [2.05, 4.69) is 15.6 Å². The van der Waals surface area contributed by atoms with E-state index in [1.54, 1.807) is 18.1 Å². The lowest BCUT2D eigenvalue weighted by molar-refractivity contribution is 0.0305. The molecule has 0 spiro atoms. The van der Waals surface area contributed by atoms with Gasteiger partial charge < -0.3 is 20.3 Å². The van der Waals surface area contributed by atoms with E-state index in [4.69, 9.17) is 4.74 Å². The molecule has 1 amide bonds. The first-order chi connectivity index (χ1) is 9.31. The Morgan fingerprint density at radius 3 is 2.60 bits per heavy atom. The van der Waals surface area contributed by atoms with Crippen LogP contribution in [0.25, 0.3) is 0 Å². The van der Waals surface area contributed by atoms with Crippen LogP contribution in [0.2, 0.25) is 0 Å². The van der Waals surface area contributed by atoms with Crippen molar-refractivity contribution < 1.29 is 9.53 Å². The molecule has 1 rings (SSSR count). The lowest BCUT2D eigenvalue weighted by Crippen LogP contribution is -2.36. The van der Waals surface area contributed by atoms with Crippen molar-refractivity contribution in [1.82, 2.24) is 9.88 Å². The number of amides is 1. The molecule has 0 aliphatic carbocycles. The van der Waals surface area contributed by atoms with Gasteiger partial charge in [0.25, 0.3) is 0 Å². The van der Waals surface area contributed by atoms with Gasteiger partial charge in [-0.3, -0.25) is 0 Å². The first-order valence-electron chi connectivity index (χ1n) is 6.63. The predicted molar refractivity (Wildman–Crippen MR) is 81.1 cm³/mol. The minimum atomic E-state index is -0.467. The minimum Gasteiger partial charge on any atom is -0.444 e. The average molecular weight is 280 g/mol. The van der Waals surface area contributed by atoms with Gasteiger partial charge in [0.1, 0.15) is 11.4 Å². The number of nitrogens with one attached hydrogen (secondary N) is 2. The fraction of sp³-hybridized carbons (Fsp3) is 0.571. The standard InChI is InChI=1S/C14H24N4O2/c1-14(2,3)20-13(19)18(5)9-8-16-11-6-7-12(15-4)17-10-11/h6-7,10,16H,8-9H2,1-5H3,(H,15,17). The number of hydrogen-bond donors (Lipinski definition) is 2. The van der Waals surface area contributed by atoms with Crippen molar-refractivity contribution in [3.63, 3.8) is 0 Å². The summed E-state index contributed by atoms with van der Waals surface area (Å²) in [6.45, 7) is 6.75. The number of carbonyl (C=O) groups excluding carboxylic acids is 1. The van der Waals surface area contributed by atoms with Crippen LogP contribution in [0.3, 0.4) is 0 Å². The van der Waals surface area contributed by atoms with E-state index in [1.807, 2.05) is 40.0 Å². The molecule has 0 saturated heterocycles. The smallest absolute Gasteiger partial charge is 0.410 e. The predicted octanol–water partition coefficient (Wildman–Crippen LogP) is 2.40. The van der Waals surface area contributed by atoms with Crippen molar-refractivity contribution in [3.05, 3.63) is 18.3 Å². The van der Waals surface area contributed by atoms with E-state index in [0.717, 1.165) is 11.5 Å². The maximum Gasteiger partial charge on any atom is 0.410 e. The van der Waals surface area contributed by atoms with Gasteiger partial charge in [-0.15, -0.1) is 0 Å². The summed E-state index contributed by atoms with van der Waals surface area (Å²) in [5.74, 6) is 0.821. The van der Waals surface area contributed by atoms with Crippen LogP contribution >= 0.6 is 0 Å². The van der Waals surface area contributed by atoms with E-state index in [0.29, 0.717) is 13.1 Å². The third kappa shape index (κ3) is 5.77. The van der Waals surface area contributed by atoms with Crippen LogP contribution in [0, 0.1) is 0 Å². The molecule has 1 heterocycles. The van der Waals surface area contributed by atoms with Gasteiger partial charge in [-0.25, -0.2) is 9.78 Å². The van der Waals surface area contributed by atoms with E-state index in [1.165, 1.54) is 0 Å². The zero-order chi connectivity index (χ0) is 15.2. The Hall–Kier alpha value is -1.98. The normalized spacial score (nSPS) is 10.8. The lowest BCUT2D eigenvalue weighted by Gasteiger charge is -2.24. The summed E-state index contributed by atoms with van der Waals surface area (Å²) < 4.78 is 5.27. The van der Waals surface area contributed by atoms with Gasteiger partial charge in [0.2, 0.25) is 0 Å². The molecule has 20 heavy (non-hydrogen) atoms. The molecule has 0 aliphatic rings. The van der Waals surface area contributed by atoms with Gasteiger partial charge >= 0.3 is 6.09 Å². The number of anilines is 2. The first-order valence-corrected chi connectivity index (χ1v) is 6.63. The molecule has 1 aromatic rings. The van der Waals surface area contributed by atoms with Crippen LogP contribution in [0.15, 0.2) is 18.3 Å². The van der Waals surface area contributed by atoms with Crippen molar-refractivity contribution in [2.24, 2.45) is 0 Å². The van der Waals surface area contributed by atoms with Crippen molar-refractivity contribution in [2.75, 3.05) is 37.8 Å². The Morgan fingerprint density at radius 1 is 1.40 bits per heavy atom. The highest BCUT2D eigenvalue weighted by Crippen LogP contribution is 2.10. The molecule has 0 fully saturated rings. The highest BCUT2D eigenvalue weighted by molar-refractivity contribution is 5.67. The number of rotatable bonds is 5. The quantitative estimate of drug-likeness (QED) is 0.867. The second-order valence-electron chi connectivity index (χ2n) is 5.51. The monoisotopic (exact) mass is 280 g/mol. The molecular formula is C14H24N4O2. The molecule has 6 nitrogen and oxygen atoms in total. The SMILES string of the molecule is CNc1ccc(NCCN(C)C(=O)OC(C)(C)C)cn1. The molecule has 0 radical (unpaired) electrons. The van der Waals surface area contributed by atoms with Gasteiger partial charge in [0.15, 0.2) is 0 Å². The zero-order valence-electron chi connectivity index (χ0n) is 12.9. The van der Waals surface area contributed by atoms with E-state index in [9.17, 15) is 4.79 Å². The molecule has 112 valence electrons. The third-order valence-corrected chi connectivity index (χ3v) is 2.50. The fourth-order valence-electron chi connectivity index (χ4n) is 1.45. The largest absolute Gasteiger partial charge is 0.444 e. The van der Waals surface area contributed by atoms with Crippen LogP contribution < -0.4 is 10.6 Å². The van der Waals surface area contributed by atoms with Crippen LogP contribution in [-0.2, 0) is 4.74 Å². The summed E-state index contributed by atoms with van der Waals surface area (Å²) in [6.07, 6.45) is 1.43. The molecule has 1 aromatic heterocycles. The van der Waals surface area contributed by atoms with Crippen LogP contribution in [0.1, 0.15) is 20.8 Å². The molecule has 0 aliphatic heterocycles. The summed E-state index contributed by atoms with van der Waals surface area (Å²) >= 11 is 0. The Labute approximate surface area is 120 Å². The topological polar surface area (TPSA) is 66.5 Å². The first kappa shape index (κ1) is 16.1. The van der Waals surface area contributed by atoms with Gasteiger partial charge in [0, 0.05) is 27.2 Å². The molecule has 0 unspecified atom stereocenters. The maximum absolute atomic E-state index is 11.7. The number of ether oxygens (including phenoxy) is 1.